The van der Waals surface area contributed by atoms with Crippen LogP contribution in [-0.2, 0) is 27.7 Å². The Morgan fingerprint density at radius 2 is 2.25 bits per heavy atom. The van der Waals surface area contributed by atoms with Crippen LogP contribution in [0.5, 0.6) is 0 Å². The zero-order valence-electron chi connectivity index (χ0n) is 13.6. The van der Waals surface area contributed by atoms with Gasteiger partial charge < -0.3 is 10.1 Å². The van der Waals surface area contributed by atoms with Gasteiger partial charge in [0.05, 0.1) is 19.3 Å². The van der Waals surface area contributed by atoms with Gasteiger partial charge in [-0.2, -0.15) is 5.10 Å². The van der Waals surface area contributed by atoms with E-state index in [0.717, 1.165) is 18.5 Å². The molecular weight excluding hydrogens is 328 g/mol. The standard InChI is InChI=1S/C16H22N4O3S/c1-23-9-8-20-12-14(10-18-20)24(21,22)19-11-16-15-5-3-2-4-13(15)6-7-17-16/h2-5,10,12,16-17,19H,6-9,11H2,1H3. The highest BCUT2D eigenvalue weighted by Crippen LogP contribution is 2.22. The van der Waals surface area contributed by atoms with Gasteiger partial charge in [0, 0.05) is 25.9 Å². The Morgan fingerprint density at radius 3 is 3.08 bits per heavy atom. The Kier molecular flexibility index (Phi) is 5.30. The number of benzene rings is 1. The lowest BCUT2D eigenvalue weighted by Crippen LogP contribution is -2.38. The minimum Gasteiger partial charge on any atom is -0.383 e. The summed E-state index contributed by atoms with van der Waals surface area (Å²) in [5.41, 5.74) is 2.43. The quantitative estimate of drug-likeness (QED) is 0.768. The lowest BCUT2D eigenvalue weighted by atomic mass is 9.95. The molecule has 0 aliphatic carbocycles. The molecule has 0 bridgehead atoms. The molecule has 1 atom stereocenters. The van der Waals surface area contributed by atoms with Gasteiger partial charge >= 0.3 is 0 Å². The van der Waals surface area contributed by atoms with Crippen molar-refractivity contribution in [1.29, 1.82) is 0 Å². The van der Waals surface area contributed by atoms with Crippen LogP contribution in [0.4, 0.5) is 0 Å². The molecule has 0 spiro atoms. The largest absolute Gasteiger partial charge is 0.383 e. The van der Waals surface area contributed by atoms with Crippen LogP contribution >= 0.6 is 0 Å². The summed E-state index contributed by atoms with van der Waals surface area (Å²) in [6, 6.07) is 8.11. The van der Waals surface area contributed by atoms with Gasteiger partial charge in [0.15, 0.2) is 0 Å². The topological polar surface area (TPSA) is 85.2 Å². The van der Waals surface area contributed by atoms with Crippen molar-refractivity contribution in [2.45, 2.75) is 23.9 Å². The minimum absolute atomic E-state index is 0.0201. The van der Waals surface area contributed by atoms with Gasteiger partial charge in [-0.05, 0) is 24.1 Å². The molecule has 1 aromatic heterocycles. The van der Waals surface area contributed by atoms with E-state index in [-0.39, 0.29) is 10.9 Å². The summed E-state index contributed by atoms with van der Waals surface area (Å²) in [6.45, 7) is 2.15. The average molecular weight is 350 g/mol. The predicted octanol–water partition coefficient (Wildman–Crippen LogP) is 0.695. The van der Waals surface area contributed by atoms with Crippen molar-refractivity contribution in [2.24, 2.45) is 0 Å². The van der Waals surface area contributed by atoms with Crippen molar-refractivity contribution >= 4 is 10.0 Å². The highest BCUT2D eigenvalue weighted by molar-refractivity contribution is 7.89. The number of hydrogen-bond donors (Lipinski definition) is 2. The van der Waals surface area contributed by atoms with E-state index in [9.17, 15) is 8.42 Å². The monoisotopic (exact) mass is 350 g/mol. The van der Waals surface area contributed by atoms with Gasteiger partial charge in [-0.3, -0.25) is 4.68 Å². The van der Waals surface area contributed by atoms with E-state index in [2.05, 4.69) is 21.2 Å². The Labute approximate surface area is 142 Å². The highest BCUT2D eigenvalue weighted by Gasteiger charge is 2.23. The SMILES string of the molecule is COCCn1cc(S(=O)(=O)NCC2NCCc3ccccc32)cn1. The maximum atomic E-state index is 12.5. The van der Waals surface area contributed by atoms with Crippen molar-refractivity contribution < 1.29 is 13.2 Å². The van der Waals surface area contributed by atoms with Crippen molar-refractivity contribution in [3.63, 3.8) is 0 Å². The molecule has 3 rings (SSSR count). The number of nitrogens with one attached hydrogen (secondary N) is 2. The molecular formula is C16H22N4O3S. The van der Waals surface area contributed by atoms with E-state index < -0.39 is 10.0 Å². The normalized spacial score (nSPS) is 17.6. The second kappa shape index (κ2) is 7.43. The number of nitrogens with zero attached hydrogens (tertiary/aromatic N) is 2. The van der Waals surface area contributed by atoms with Gasteiger partial charge in [-0.15, -0.1) is 0 Å². The third-order valence-electron chi connectivity index (χ3n) is 4.14. The summed E-state index contributed by atoms with van der Waals surface area (Å²) in [6.07, 6.45) is 3.84. The molecule has 2 aromatic rings. The number of rotatable bonds is 7. The number of sulfonamides is 1. The molecule has 1 aliphatic heterocycles. The van der Waals surface area contributed by atoms with Gasteiger partial charge in [0.1, 0.15) is 4.90 Å². The summed E-state index contributed by atoms with van der Waals surface area (Å²) >= 11 is 0. The molecule has 0 radical (unpaired) electrons. The fourth-order valence-electron chi connectivity index (χ4n) is 2.84. The van der Waals surface area contributed by atoms with Crippen molar-refractivity contribution in [3.8, 4) is 0 Å². The number of methoxy groups -OCH3 is 1. The maximum absolute atomic E-state index is 12.5. The van der Waals surface area contributed by atoms with Crippen LogP contribution in [0.25, 0.3) is 0 Å². The minimum atomic E-state index is -3.58. The molecule has 0 fully saturated rings. The summed E-state index contributed by atoms with van der Waals surface area (Å²) < 4.78 is 34.1. The van der Waals surface area contributed by atoms with Gasteiger partial charge in [-0.25, -0.2) is 13.1 Å². The molecule has 1 unspecified atom stereocenters. The van der Waals surface area contributed by atoms with Gasteiger partial charge in [0.2, 0.25) is 10.0 Å². The summed E-state index contributed by atoms with van der Waals surface area (Å²) in [5, 5.41) is 7.42. The third kappa shape index (κ3) is 3.84. The first-order valence-electron chi connectivity index (χ1n) is 7.92. The van der Waals surface area contributed by atoms with Crippen molar-refractivity contribution in [1.82, 2.24) is 19.8 Å². The zero-order chi connectivity index (χ0) is 17.0. The molecule has 24 heavy (non-hydrogen) atoms. The number of hydrogen-bond acceptors (Lipinski definition) is 5. The molecule has 0 amide bonds. The van der Waals surface area contributed by atoms with Gasteiger partial charge in [0.25, 0.3) is 0 Å². The Morgan fingerprint density at radius 1 is 1.42 bits per heavy atom. The smallest absolute Gasteiger partial charge is 0.243 e. The average Bonchev–Trinajstić information content (AvgIpc) is 3.08. The van der Waals surface area contributed by atoms with Crippen LogP contribution in [0.2, 0.25) is 0 Å². The lowest BCUT2D eigenvalue weighted by molar-refractivity contribution is 0.183. The molecule has 1 aromatic carbocycles. The summed E-state index contributed by atoms with van der Waals surface area (Å²) in [7, 11) is -1.99. The van der Waals surface area contributed by atoms with E-state index in [1.54, 1.807) is 11.8 Å². The maximum Gasteiger partial charge on any atom is 0.243 e. The zero-order valence-corrected chi connectivity index (χ0v) is 14.4. The highest BCUT2D eigenvalue weighted by atomic mass is 32.2. The van der Waals surface area contributed by atoms with Crippen molar-refractivity contribution in [2.75, 3.05) is 26.8 Å². The van der Waals surface area contributed by atoms with E-state index >= 15 is 0 Å². The summed E-state index contributed by atoms with van der Waals surface area (Å²) in [4.78, 5) is 0.169. The number of fused-ring (bicyclic) bond motifs is 1. The molecule has 7 nitrogen and oxygen atoms in total. The number of aromatic nitrogens is 2. The van der Waals surface area contributed by atoms with E-state index in [4.69, 9.17) is 4.74 Å². The second-order valence-corrected chi connectivity index (χ2v) is 7.51. The first-order chi connectivity index (χ1) is 11.6. The fourth-order valence-corrected chi connectivity index (χ4v) is 3.84. The third-order valence-corrected chi connectivity index (χ3v) is 5.52. The molecule has 8 heteroatoms. The molecule has 2 N–H and O–H groups in total. The van der Waals surface area contributed by atoms with Crippen LogP contribution in [0.1, 0.15) is 17.2 Å². The van der Waals surface area contributed by atoms with Crippen LogP contribution < -0.4 is 10.0 Å². The molecule has 130 valence electrons. The lowest BCUT2D eigenvalue weighted by Gasteiger charge is -2.27. The molecule has 0 saturated carbocycles. The van der Waals surface area contributed by atoms with Crippen LogP contribution in [0, 0.1) is 0 Å². The molecule has 2 heterocycles. The predicted molar refractivity (Wildman–Crippen MR) is 90.2 cm³/mol. The van der Waals surface area contributed by atoms with Crippen molar-refractivity contribution in [3.05, 3.63) is 47.8 Å². The van der Waals surface area contributed by atoms with E-state index in [1.807, 2.05) is 18.2 Å². The first-order valence-corrected chi connectivity index (χ1v) is 9.41. The van der Waals surface area contributed by atoms with Crippen LogP contribution in [0.3, 0.4) is 0 Å². The summed E-state index contributed by atoms with van der Waals surface area (Å²) in [5.74, 6) is 0. The molecule has 0 saturated heterocycles. The Hall–Kier alpha value is -1.74. The fraction of sp³-hybridized carbons (Fsp3) is 0.438. The second-order valence-electron chi connectivity index (χ2n) is 5.74. The molecule has 1 aliphatic rings. The van der Waals surface area contributed by atoms with Crippen LogP contribution in [0.15, 0.2) is 41.6 Å². The van der Waals surface area contributed by atoms with E-state index in [1.165, 1.54) is 18.0 Å². The Balaban J connectivity index is 1.67. The van der Waals surface area contributed by atoms with Crippen LogP contribution in [-0.4, -0.2) is 45.0 Å². The number of ether oxygens (including phenoxy) is 1. The Bertz CT molecular complexity index is 788. The van der Waals surface area contributed by atoms with Gasteiger partial charge in [-0.1, -0.05) is 24.3 Å². The van der Waals surface area contributed by atoms with E-state index in [0.29, 0.717) is 19.7 Å². The first kappa shape index (κ1) is 17.1.